The smallest absolute Gasteiger partial charge is 0.231 e. The summed E-state index contributed by atoms with van der Waals surface area (Å²) in [6.45, 7) is 2.58. The maximum absolute atomic E-state index is 13.0. The molecule has 0 spiro atoms. The number of carbonyl (C=O) groups excluding carboxylic acids is 1. The third-order valence-corrected chi connectivity index (χ3v) is 6.23. The Labute approximate surface area is 148 Å². The summed E-state index contributed by atoms with van der Waals surface area (Å²) < 4.78 is 5.64. The Kier molecular flexibility index (Phi) is 5.36. The molecule has 1 heterocycles. The first-order valence-electron chi connectivity index (χ1n) is 8.58. The lowest BCUT2D eigenvalue weighted by molar-refractivity contribution is -0.127. The van der Waals surface area contributed by atoms with E-state index in [0.717, 1.165) is 31.2 Å². The second kappa shape index (κ2) is 7.49. The van der Waals surface area contributed by atoms with Crippen LogP contribution in [0.5, 0.6) is 0 Å². The first kappa shape index (κ1) is 17.2. The largest absolute Gasteiger partial charge is 0.375 e. The Morgan fingerprint density at radius 3 is 2.62 bits per heavy atom. The summed E-state index contributed by atoms with van der Waals surface area (Å²) in [7, 11) is 1.70. The Hall–Kier alpha value is -1.65. The van der Waals surface area contributed by atoms with Crippen LogP contribution < -0.4 is 5.32 Å². The van der Waals surface area contributed by atoms with Crippen LogP contribution in [0.4, 0.5) is 0 Å². The van der Waals surface area contributed by atoms with Crippen LogP contribution in [0, 0.1) is 6.92 Å². The molecule has 128 valence electrons. The Balaban J connectivity index is 1.73. The van der Waals surface area contributed by atoms with Gasteiger partial charge in [0.1, 0.15) is 0 Å². The van der Waals surface area contributed by atoms with Gasteiger partial charge in [-0.2, -0.15) is 0 Å². The SMILES string of the molecule is CO[C@@H](CNC(=O)C1(c2cccs2)CCCC1)c1ccccc1C. The quantitative estimate of drug-likeness (QED) is 0.846. The molecule has 3 nitrogen and oxygen atoms in total. The van der Waals surface area contributed by atoms with E-state index < -0.39 is 0 Å². The van der Waals surface area contributed by atoms with Gasteiger partial charge in [0, 0.05) is 18.5 Å². The van der Waals surface area contributed by atoms with Gasteiger partial charge in [0.25, 0.3) is 0 Å². The number of methoxy groups -OCH3 is 1. The standard InChI is InChI=1S/C20H25NO2S/c1-15-8-3-4-9-16(15)17(23-2)14-21-19(22)20(11-5-6-12-20)18-10-7-13-24-18/h3-4,7-10,13,17H,5-6,11-12,14H2,1-2H3,(H,21,22)/t17-/m0/s1. The van der Waals surface area contributed by atoms with Crippen molar-refractivity contribution >= 4 is 17.2 Å². The number of amides is 1. The molecule has 1 N–H and O–H groups in total. The van der Waals surface area contributed by atoms with Crippen molar-refractivity contribution in [1.82, 2.24) is 5.32 Å². The van der Waals surface area contributed by atoms with Crippen LogP contribution in [0.25, 0.3) is 0 Å². The summed E-state index contributed by atoms with van der Waals surface area (Å²) >= 11 is 1.69. The molecule has 1 aromatic carbocycles. The lowest BCUT2D eigenvalue weighted by Crippen LogP contribution is -2.43. The molecule has 2 aromatic rings. The second-order valence-corrected chi connectivity index (χ2v) is 7.51. The van der Waals surface area contributed by atoms with Gasteiger partial charge < -0.3 is 10.1 Å². The van der Waals surface area contributed by atoms with Crippen molar-refractivity contribution < 1.29 is 9.53 Å². The number of carbonyl (C=O) groups is 1. The molecule has 4 heteroatoms. The molecule has 0 unspecified atom stereocenters. The van der Waals surface area contributed by atoms with Crippen molar-refractivity contribution in [1.29, 1.82) is 0 Å². The molecular weight excluding hydrogens is 318 g/mol. The minimum absolute atomic E-state index is 0.114. The number of hydrogen-bond acceptors (Lipinski definition) is 3. The molecular formula is C20H25NO2S. The average Bonchev–Trinajstić information content (AvgIpc) is 3.28. The molecule has 1 saturated carbocycles. The number of nitrogens with one attached hydrogen (secondary N) is 1. The van der Waals surface area contributed by atoms with Gasteiger partial charge in [-0.05, 0) is 42.3 Å². The zero-order chi connectivity index (χ0) is 17.0. The Bertz CT molecular complexity index is 675. The number of benzene rings is 1. The number of aryl methyl sites for hydroxylation is 1. The predicted molar refractivity (Wildman–Crippen MR) is 98.4 cm³/mol. The van der Waals surface area contributed by atoms with E-state index in [1.807, 2.05) is 18.2 Å². The highest BCUT2D eigenvalue weighted by molar-refractivity contribution is 7.10. The fourth-order valence-corrected chi connectivity index (χ4v) is 4.72. The van der Waals surface area contributed by atoms with E-state index in [4.69, 9.17) is 4.74 Å². The number of hydrogen-bond donors (Lipinski definition) is 1. The minimum Gasteiger partial charge on any atom is -0.375 e. The Morgan fingerprint density at radius 2 is 2.00 bits per heavy atom. The van der Waals surface area contributed by atoms with Gasteiger partial charge in [0.2, 0.25) is 5.91 Å². The highest BCUT2D eigenvalue weighted by Gasteiger charge is 2.43. The van der Waals surface area contributed by atoms with Crippen LogP contribution in [0.2, 0.25) is 0 Å². The summed E-state index contributed by atoms with van der Waals surface area (Å²) in [5.74, 6) is 0.151. The molecule has 1 aromatic heterocycles. The molecule has 1 aliphatic rings. The van der Waals surface area contributed by atoms with E-state index >= 15 is 0 Å². The summed E-state index contributed by atoms with van der Waals surface area (Å²) in [6, 6.07) is 12.3. The number of thiophene rings is 1. The van der Waals surface area contributed by atoms with Crippen LogP contribution in [-0.2, 0) is 14.9 Å². The average molecular weight is 343 g/mol. The molecule has 1 aliphatic carbocycles. The second-order valence-electron chi connectivity index (χ2n) is 6.56. The molecule has 0 bridgehead atoms. The van der Waals surface area contributed by atoms with E-state index in [0.29, 0.717) is 6.54 Å². The van der Waals surface area contributed by atoms with Crippen LogP contribution in [-0.4, -0.2) is 19.6 Å². The third kappa shape index (κ3) is 3.26. The fourth-order valence-electron chi connectivity index (χ4n) is 3.74. The van der Waals surface area contributed by atoms with Crippen molar-refractivity contribution in [3.05, 3.63) is 57.8 Å². The van der Waals surface area contributed by atoms with Crippen molar-refractivity contribution in [2.24, 2.45) is 0 Å². The van der Waals surface area contributed by atoms with E-state index in [9.17, 15) is 4.79 Å². The first-order valence-corrected chi connectivity index (χ1v) is 9.46. The summed E-state index contributed by atoms with van der Waals surface area (Å²) in [6.07, 6.45) is 4.02. The monoisotopic (exact) mass is 343 g/mol. The maximum Gasteiger partial charge on any atom is 0.231 e. The molecule has 0 saturated heterocycles. The highest BCUT2D eigenvalue weighted by atomic mass is 32.1. The maximum atomic E-state index is 13.0. The first-order chi connectivity index (χ1) is 11.7. The van der Waals surface area contributed by atoms with Crippen LogP contribution in [0.15, 0.2) is 41.8 Å². The number of ether oxygens (including phenoxy) is 1. The summed E-state index contributed by atoms with van der Waals surface area (Å²) in [4.78, 5) is 14.2. The molecule has 1 amide bonds. The van der Waals surface area contributed by atoms with E-state index in [1.54, 1.807) is 18.4 Å². The van der Waals surface area contributed by atoms with Gasteiger partial charge in [-0.1, -0.05) is 43.2 Å². The van der Waals surface area contributed by atoms with E-state index in [2.05, 4.69) is 35.8 Å². The summed E-state index contributed by atoms with van der Waals surface area (Å²) in [5, 5.41) is 5.24. The third-order valence-electron chi connectivity index (χ3n) is 5.15. The van der Waals surface area contributed by atoms with Crippen molar-refractivity contribution in [2.45, 2.75) is 44.1 Å². The van der Waals surface area contributed by atoms with Gasteiger partial charge in [0.15, 0.2) is 0 Å². The van der Waals surface area contributed by atoms with Gasteiger partial charge >= 0.3 is 0 Å². The van der Waals surface area contributed by atoms with Crippen LogP contribution in [0.3, 0.4) is 0 Å². The van der Waals surface area contributed by atoms with Gasteiger partial charge in [-0.3, -0.25) is 4.79 Å². The topological polar surface area (TPSA) is 38.3 Å². The molecule has 1 fully saturated rings. The van der Waals surface area contributed by atoms with Crippen LogP contribution in [0.1, 0.15) is 47.8 Å². The molecule has 3 rings (SSSR count). The summed E-state index contributed by atoms with van der Waals surface area (Å²) in [5.41, 5.74) is 1.99. The molecule has 0 aliphatic heterocycles. The molecule has 0 radical (unpaired) electrons. The fraction of sp³-hybridized carbons (Fsp3) is 0.450. The van der Waals surface area contributed by atoms with Crippen molar-refractivity contribution in [3.8, 4) is 0 Å². The van der Waals surface area contributed by atoms with Gasteiger partial charge in [-0.15, -0.1) is 11.3 Å². The number of rotatable bonds is 6. The lowest BCUT2D eigenvalue weighted by atomic mass is 9.83. The van der Waals surface area contributed by atoms with Crippen molar-refractivity contribution in [2.75, 3.05) is 13.7 Å². The normalized spacial score (nSPS) is 17.6. The van der Waals surface area contributed by atoms with E-state index in [-0.39, 0.29) is 17.4 Å². The zero-order valence-corrected chi connectivity index (χ0v) is 15.2. The van der Waals surface area contributed by atoms with Gasteiger partial charge in [-0.25, -0.2) is 0 Å². The highest BCUT2D eigenvalue weighted by Crippen LogP contribution is 2.43. The minimum atomic E-state index is -0.335. The van der Waals surface area contributed by atoms with Crippen LogP contribution >= 0.6 is 11.3 Å². The van der Waals surface area contributed by atoms with Crippen molar-refractivity contribution in [3.63, 3.8) is 0 Å². The van der Waals surface area contributed by atoms with Gasteiger partial charge in [0.05, 0.1) is 11.5 Å². The Morgan fingerprint density at radius 1 is 1.25 bits per heavy atom. The van der Waals surface area contributed by atoms with E-state index in [1.165, 1.54) is 10.4 Å². The zero-order valence-electron chi connectivity index (χ0n) is 14.4. The lowest BCUT2D eigenvalue weighted by Gasteiger charge is -2.28. The predicted octanol–water partition coefficient (Wildman–Crippen LogP) is 4.37. The molecule has 24 heavy (non-hydrogen) atoms. The molecule has 1 atom stereocenters.